The number of nitrogens with zero attached hydrogens (tertiary/aromatic N) is 1. The van der Waals surface area contributed by atoms with Crippen LogP contribution in [0.25, 0.3) is 16.6 Å². The van der Waals surface area contributed by atoms with E-state index in [0.717, 1.165) is 34.3 Å². The van der Waals surface area contributed by atoms with E-state index < -0.39 is 0 Å². The summed E-state index contributed by atoms with van der Waals surface area (Å²) in [6, 6.07) is 15.9. The number of aromatic nitrogens is 1. The van der Waals surface area contributed by atoms with Gasteiger partial charge in [0.05, 0.1) is 0 Å². The van der Waals surface area contributed by atoms with Gasteiger partial charge in [0.1, 0.15) is 0 Å². The Balaban J connectivity index is 1.82. The largest absolute Gasteiger partial charge is 0.398 e. The maximum Gasteiger partial charge on any atom is 0.221 e. The molecule has 0 aliphatic rings. The minimum Gasteiger partial charge on any atom is -0.398 e. The number of fused-ring (bicyclic) bond motifs is 1. The summed E-state index contributed by atoms with van der Waals surface area (Å²) in [5.41, 5.74) is 10.5. The van der Waals surface area contributed by atoms with E-state index in [1.54, 1.807) is 6.08 Å². The van der Waals surface area contributed by atoms with E-state index >= 15 is 0 Å². The lowest BCUT2D eigenvalue weighted by molar-refractivity contribution is -0.114. The number of allylic oxidation sites excluding steroid dienone is 1. The molecule has 3 aromatic rings. The highest BCUT2D eigenvalue weighted by molar-refractivity contribution is 5.92. The molecule has 0 saturated carbocycles. The molecule has 3 rings (SSSR count). The third-order valence-electron chi connectivity index (χ3n) is 3.99. The highest BCUT2D eigenvalue weighted by Gasteiger charge is 2.05. The third-order valence-corrected chi connectivity index (χ3v) is 3.99. The van der Waals surface area contributed by atoms with Gasteiger partial charge in [0.2, 0.25) is 5.91 Å². The van der Waals surface area contributed by atoms with E-state index in [2.05, 4.69) is 9.88 Å². The second-order valence-electron chi connectivity index (χ2n) is 5.88. The van der Waals surface area contributed by atoms with Gasteiger partial charge >= 0.3 is 0 Å². The second-order valence-corrected chi connectivity index (χ2v) is 5.88. The summed E-state index contributed by atoms with van der Waals surface area (Å²) in [6.07, 6.45) is 4.80. The summed E-state index contributed by atoms with van der Waals surface area (Å²) >= 11 is 0. The first-order valence-corrected chi connectivity index (χ1v) is 7.99. The lowest BCUT2D eigenvalue weighted by Gasteiger charge is -2.08. The van der Waals surface area contributed by atoms with Crippen molar-refractivity contribution in [2.45, 2.75) is 13.5 Å². The number of nitrogens with one attached hydrogen (secondary N) is 2. The Labute approximate surface area is 146 Å². The lowest BCUT2D eigenvalue weighted by atomic mass is 10.1. The van der Waals surface area contributed by atoms with Crippen molar-refractivity contribution in [3.05, 3.63) is 71.9 Å². The SMILES string of the molecule is CC(=O)Nc1ccc2c(ccn2Cc2ccc(/C(N)=C/C=N)cc2)c1. The monoisotopic (exact) mass is 332 g/mol. The Kier molecular flexibility index (Phi) is 4.66. The summed E-state index contributed by atoms with van der Waals surface area (Å²) in [6.45, 7) is 2.25. The van der Waals surface area contributed by atoms with E-state index in [0.29, 0.717) is 5.70 Å². The molecular formula is C20H20N4O. The van der Waals surface area contributed by atoms with Crippen LogP contribution in [0.5, 0.6) is 0 Å². The minimum atomic E-state index is -0.0739. The van der Waals surface area contributed by atoms with Crippen LogP contribution in [-0.2, 0) is 11.3 Å². The molecule has 0 aliphatic heterocycles. The molecule has 1 heterocycles. The first-order chi connectivity index (χ1) is 12.1. The summed E-state index contributed by atoms with van der Waals surface area (Å²) in [5.74, 6) is -0.0739. The van der Waals surface area contributed by atoms with Crippen molar-refractivity contribution in [2.24, 2.45) is 5.73 Å². The van der Waals surface area contributed by atoms with E-state index in [9.17, 15) is 4.79 Å². The van der Waals surface area contributed by atoms with Gasteiger partial charge in [-0.3, -0.25) is 4.79 Å². The van der Waals surface area contributed by atoms with Gasteiger partial charge in [0.25, 0.3) is 0 Å². The van der Waals surface area contributed by atoms with Crippen molar-refractivity contribution < 1.29 is 4.79 Å². The molecule has 5 nitrogen and oxygen atoms in total. The molecule has 1 aromatic heterocycles. The maximum atomic E-state index is 11.2. The Morgan fingerprint density at radius 2 is 1.96 bits per heavy atom. The minimum absolute atomic E-state index is 0.0739. The fourth-order valence-corrected chi connectivity index (χ4v) is 2.80. The van der Waals surface area contributed by atoms with Crippen molar-refractivity contribution in [3.63, 3.8) is 0 Å². The molecule has 0 saturated heterocycles. The Morgan fingerprint density at radius 1 is 1.20 bits per heavy atom. The number of carbonyl (C=O) groups excluding carboxylic acids is 1. The quantitative estimate of drug-likeness (QED) is 0.624. The van der Waals surface area contributed by atoms with Crippen LogP contribution < -0.4 is 11.1 Å². The highest BCUT2D eigenvalue weighted by Crippen LogP contribution is 2.22. The third kappa shape index (κ3) is 3.77. The van der Waals surface area contributed by atoms with Crippen molar-refractivity contribution in [2.75, 3.05) is 5.32 Å². The zero-order chi connectivity index (χ0) is 17.8. The summed E-state index contributed by atoms with van der Waals surface area (Å²) in [4.78, 5) is 11.2. The normalized spacial score (nSPS) is 11.5. The van der Waals surface area contributed by atoms with Crippen LogP contribution in [0.2, 0.25) is 0 Å². The molecule has 0 aliphatic carbocycles. The van der Waals surface area contributed by atoms with Gasteiger partial charge in [-0.25, -0.2) is 0 Å². The van der Waals surface area contributed by atoms with E-state index in [1.807, 2.05) is 54.7 Å². The molecule has 0 fully saturated rings. The fourth-order valence-electron chi connectivity index (χ4n) is 2.80. The summed E-state index contributed by atoms with van der Waals surface area (Å²) < 4.78 is 2.17. The van der Waals surface area contributed by atoms with Crippen LogP contribution in [0.15, 0.2) is 60.8 Å². The maximum absolute atomic E-state index is 11.2. The Hall–Kier alpha value is -3.34. The molecule has 0 atom stereocenters. The van der Waals surface area contributed by atoms with Crippen molar-refractivity contribution in [1.29, 1.82) is 5.41 Å². The average molecular weight is 332 g/mol. The Morgan fingerprint density at radius 3 is 2.64 bits per heavy atom. The zero-order valence-corrected chi connectivity index (χ0v) is 14.0. The molecule has 4 N–H and O–H groups in total. The van der Waals surface area contributed by atoms with E-state index in [4.69, 9.17) is 11.1 Å². The molecule has 2 aromatic carbocycles. The van der Waals surface area contributed by atoms with Gasteiger partial charge in [-0.1, -0.05) is 24.3 Å². The highest BCUT2D eigenvalue weighted by atomic mass is 16.1. The van der Waals surface area contributed by atoms with Crippen molar-refractivity contribution >= 4 is 34.4 Å². The number of carbonyl (C=O) groups is 1. The van der Waals surface area contributed by atoms with Gasteiger partial charge in [-0.2, -0.15) is 0 Å². The van der Waals surface area contributed by atoms with Gasteiger partial charge in [0, 0.05) is 48.2 Å². The topological polar surface area (TPSA) is 83.9 Å². The van der Waals surface area contributed by atoms with Gasteiger partial charge in [0.15, 0.2) is 0 Å². The number of rotatable bonds is 5. The molecule has 126 valence electrons. The predicted octanol–water partition coefficient (Wildman–Crippen LogP) is 3.60. The van der Waals surface area contributed by atoms with Gasteiger partial charge < -0.3 is 21.0 Å². The predicted molar refractivity (Wildman–Crippen MR) is 103 cm³/mol. The average Bonchev–Trinajstić information content (AvgIpc) is 2.97. The zero-order valence-electron chi connectivity index (χ0n) is 14.0. The first kappa shape index (κ1) is 16.5. The summed E-state index contributed by atoms with van der Waals surface area (Å²) in [7, 11) is 0. The van der Waals surface area contributed by atoms with Gasteiger partial charge in [-0.05, 0) is 41.5 Å². The lowest BCUT2D eigenvalue weighted by Crippen LogP contribution is -2.05. The van der Waals surface area contributed by atoms with E-state index in [1.165, 1.54) is 13.1 Å². The van der Waals surface area contributed by atoms with Crippen LogP contribution in [0, 0.1) is 5.41 Å². The van der Waals surface area contributed by atoms with Gasteiger partial charge in [-0.15, -0.1) is 0 Å². The van der Waals surface area contributed by atoms with Crippen LogP contribution in [0.4, 0.5) is 5.69 Å². The number of nitrogens with two attached hydrogens (primary N) is 1. The Bertz CT molecular complexity index is 951. The fraction of sp³-hybridized carbons (Fsp3) is 0.100. The number of hydrogen-bond donors (Lipinski definition) is 3. The molecule has 1 amide bonds. The standard InChI is InChI=1S/C20H20N4O/c1-14(25)23-18-6-7-20-17(12-18)9-11-24(20)13-15-2-4-16(5-3-15)19(22)8-10-21/h2-12,21H,13,22H2,1H3,(H,23,25)/b19-8-,21-10?. The van der Waals surface area contributed by atoms with E-state index in [-0.39, 0.29) is 5.91 Å². The van der Waals surface area contributed by atoms with Crippen molar-refractivity contribution in [1.82, 2.24) is 4.57 Å². The van der Waals surface area contributed by atoms with Crippen molar-refractivity contribution in [3.8, 4) is 0 Å². The summed E-state index contributed by atoms with van der Waals surface area (Å²) in [5, 5.41) is 11.0. The first-order valence-electron chi connectivity index (χ1n) is 7.99. The van der Waals surface area contributed by atoms with Crippen LogP contribution >= 0.6 is 0 Å². The number of anilines is 1. The molecule has 0 spiro atoms. The van der Waals surface area contributed by atoms with Crippen LogP contribution in [-0.4, -0.2) is 16.7 Å². The molecule has 25 heavy (non-hydrogen) atoms. The van der Waals surface area contributed by atoms with Crippen LogP contribution in [0.1, 0.15) is 18.1 Å². The number of hydrogen-bond acceptors (Lipinski definition) is 3. The van der Waals surface area contributed by atoms with Crippen LogP contribution in [0.3, 0.4) is 0 Å². The number of benzene rings is 2. The molecule has 5 heteroatoms. The molecule has 0 unspecified atom stereocenters. The second kappa shape index (κ2) is 7.05. The molecule has 0 bridgehead atoms. The molecular weight excluding hydrogens is 312 g/mol. The smallest absolute Gasteiger partial charge is 0.221 e. The molecule has 0 radical (unpaired) electrons. The number of amides is 1.